The molecule has 0 bridgehead atoms. The third-order valence-electron chi connectivity index (χ3n) is 4.29. The molecular formula is C21H36N. The standard InChI is InChI=1S/C21H36N/c1-3-4-5-6-7-8-9-10-11-12-14-17-20(2)22-21-18-15-13-16-19-21/h13,15-16,18-19,22H,3-12,14,17H2,1-2H3. The highest BCUT2D eigenvalue weighted by Gasteiger charge is 2.02. The Kier molecular flexibility index (Phi) is 11.8. The summed E-state index contributed by atoms with van der Waals surface area (Å²) in [5.41, 5.74) is 1.21. The van der Waals surface area contributed by atoms with Gasteiger partial charge < -0.3 is 5.32 Å². The molecule has 0 aromatic heterocycles. The van der Waals surface area contributed by atoms with Crippen LogP contribution in [0.3, 0.4) is 0 Å². The summed E-state index contributed by atoms with van der Waals surface area (Å²) in [6.45, 7) is 4.50. The quantitative estimate of drug-likeness (QED) is 0.354. The van der Waals surface area contributed by atoms with Crippen LogP contribution in [-0.4, -0.2) is 0 Å². The molecule has 1 rings (SSSR count). The molecule has 1 radical (unpaired) electrons. The number of benzene rings is 1. The average Bonchev–Trinajstić information content (AvgIpc) is 2.53. The Morgan fingerprint density at radius 1 is 0.727 bits per heavy atom. The summed E-state index contributed by atoms with van der Waals surface area (Å²) in [5.74, 6) is 0. The van der Waals surface area contributed by atoms with Crippen LogP contribution in [0, 0.1) is 6.04 Å². The van der Waals surface area contributed by atoms with E-state index >= 15 is 0 Å². The van der Waals surface area contributed by atoms with Gasteiger partial charge in [-0.3, -0.25) is 0 Å². The van der Waals surface area contributed by atoms with Crippen molar-refractivity contribution in [1.82, 2.24) is 0 Å². The number of para-hydroxylation sites is 1. The highest BCUT2D eigenvalue weighted by atomic mass is 14.9. The lowest BCUT2D eigenvalue weighted by Crippen LogP contribution is -2.05. The van der Waals surface area contributed by atoms with Crippen molar-refractivity contribution in [3.63, 3.8) is 0 Å². The predicted octanol–water partition coefficient (Wildman–Crippen LogP) is 7.35. The monoisotopic (exact) mass is 302 g/mol. The van der Waals surface area contributed by atoms with Gasteiger partial charge in [-0.2, -0.15) is 0 Å². The van der Waals surface area contributed by atoms with Crippen molar-refractivity contribution in [2.45, 2.75) is 90.9 Å². The van der Waals surface area contributed by atoms with Gasteiger partial charge in [0.1, 0.15) is 0 Å². The van der Waals surface area contributed by atoms with Crippen LogP contribution in [-0.2, 0) is 0 Å². The normalized spacial score (nSPS) is 11.0. The molecule has 0 saturated heterocycles. The summed E-state index contributed by atoms with van der Waals surface area (Å²) < 4.78 is 0. The van der Waals surface area contributed by atoms with Crippen LogP contribution in [0.25, 0.3) is 0 Å². The van der Waals surface area contributed by atoms with Gasteiger partial charge in [-0.15, -0.1) is 0 Å². The number of hydrogen-bond donors (Lipinski definition) is 1. The third kappa shape index (κ3) is 10.7. The number of nitrogens with one attached hydrogen (secondary N) is 1. The summed E-state index contributed by atoms with van der Waals surface area (Å²) in [4.78, 5) is 0. The Balaban J connectivity index is 1.85. The highest BCUT2D eigenvalue weighted by molar-refractivity contribution is 5.45. The maximum Gasteiger partial charge on any atom is 0.0572 e. The fourth-order valence-corrected chi connectivity index (χ4v) is 2.88. The van der Waals surface area contributed by atoms with Crippen molar-refractivity contribution >= 4 is 5.69 Å². The van der Waals surface area contributed by atoms with E-state index < -0.39 is 0 Å². The van der Waals surface area contributed by atoms with E-state index in [2.05, 4.69) is 49.5 Å². The average molecular weight is 303 g/mol. The van der Waals surface area contributed by atoms with E-state index in [1.807, 2.05) is 0 Å². The second-order valence-electron chi connectivity index (χ2n) is 6.56. The van der Waals surface area contributed by atoms with Gasteiger partial charge in [0.15, 0.2) is 0 Å². The summed E-state index contributed by atoms with van der Waals surface area (Å²) in [6, 6.07) is 11.9. The van der Waals surface area contributed by atoms with Crippen LogP contribution in [0.5, 0.6) is 0 Å². The van der Waals surface area contributed by atoms with Crippen molar-refractivity contribution in [1.29, 1.82) is 0 Å². The first-order valence-electron chi connectivity index (χ1n) is 9.47. The van der Waals surface area contributed by atoms with E-state index in [1.54, 1.807) is 0 Å². The summed E-state index contributed by atoms with van der Waals surface area (Å²) in [7, 11) is 0. The van der Waals surface area contributed by atoms with Gasteiger partial charge in [0.05, 0.1) is 6.04 Å². The molecule has 0 amide bonds. The first-order chi connectivity index (χ1) is 10.8. The van der Waals surface area contributed by atoms with Crippen molar-refractivity contribution in [2.24, 2.45) is 0 Å². The zero-order valence-electron chi connectivity index (χ0n) is 14.9. The lowest BCUT2D eigenvalue weighted by Gasteiger charge is -2.13. The van der Waals surface area contributed by atoms with Crippen LogP contribution in [0.15, 0.2) is 30.3 Å². The van der Waals surface area contributed by atoms with Crippen LogP contribution >= 0.6 is 0 Å². The molecule has 0 fully saturated rings. The molecule has 0 atom stereocenters. The van der Waals surface area contributed by atoms with Gasteiger partial charge >= 0.3 is 0 Å². The Hall–Kier alpha value is -0.980. The predicted molar refractivity (Wildman–Crippen MR) is 100 cm³/mol. The highest BCUT2D eigenvalue weighted by Crippen LogP contribution is 2.17. The molecule has 1 N–H and O–H groups in total. The second-order valence-corrected chi connectivity index (χ2v) is 6.56. The maximum atomic E-state index is 3.49. The first-order valence-corrected chi connectivity index (χ1v) is 9.47. The zero-order chi connectivity index (χ0) is 15.9. The maximum absolute atomic E-state index is 3.49. The molecule has 0 aliphatic heterocycles. The van der Waals surface area contributed by atoms with Crippen LogP contribution < -0.4 is 5.32 Å². The molecular weight excluding hydrogens is 266 g/mol. The van der Waals surface area contributed by atoms with E-state index in [1.165, 1.54) is 88.8 Å². The molecule has 0 aliphatic rings. The van der Waals surface area contributed by atoms with E-state index in [0.717, 1.165) is 0 Å². The molecule has 1 aromatic rings. The molecule has 125 valence electrons. The molecule has 0 heterocycles. The van der Waals surface area contributed by atoms with Gasteiger partial charge in [-0.1, -0.05) is 95.8 Å². The Morgan fingerprint density at radius 3 is 1.77 bits per heavy atom. The smallest absolute Gasteiger partial charge is 0.0572 e. The third-order valence-corrected chi connectivity index (χ3v) is 4.29. The number of anilines is 1. The van der Waals surface area contributed by atoms with Crippen molar-refractivity contribution in [3.8, 4) is 0 Å². The summed E-state index contributed by atoms with van der Waals surface area (Å²) in [6.07, 6.45) is 16.8. The number of hydrogen-bond acceptors (Lipinski definition) is 1. The Bertz CT molecular complexity index is 333. The van der Waals surface area contributed by atoms with Crippen molar-refractivity contribution in [3.05, 3.63) is 36.4 Å². The minimum absolute atomic E-state index is 1.20. The zero-order valence-corrected chi connectivity index (χ0v) is 14.9. The van der Waals surface area contributed by atoms with E-state index in [-0.39, 0.29) is 0 Å². The molecule has 1 heteroatoms. The van der Waals surface area contributed by atoms with E-state index in [4.69, 9.17) is 0 Å². The largest absolute Gasteiger partial charge is 0.378 e. The van der Waals surface area contributed by atoms with Gasteiger partial charge in [0.25, 0.3) is 0 Å². The minimum atomic E-state index is 1.20. The molecule has 1 nitrogen and oxygen atoms in total. The van der Waals surface area contributed by atoms with E-state index in [0.29, 0.717) is 0 Å². The van der Waals surface area contributed by atoms with Crippen molar-refractivity contribution < 1.29 is 0 Å². The van der Waals surface area contributed by atoms with Gasteiger partial charge in [0, 0.05) is 5.69 Å². The van der Waals surface area contributed by atoms with Gasteiger partial charge in [-0.25, -0.2) is 0 Å². The lowest BCUT2D eigenvalue weighted by atomic mass is 10.0. The van der Waals surface area contributed by atoms with Gasteiger partial charge in [-0.05, 0) is 25.5 Å². The molecule has 0 spiro atoms. The summed E-state index contributed by atoms with van der Waals surface area (Å²) in [5, 5.41) is 3.49. The SMILES string of the molecule is CCCCCCCCCCCCC[C](C)Nc1ccccc1. The van der Waals surface area contributed by atoms with Crippen LogP contribution in [0.2, 0.25) is 0 Å². The molecule has 0 saturated carbocycles. The van der Waals surface area contributed by atoms with E-state index in [9.17, 15) is 0 Å². The fourth-order valence-electron chi connectivity index (χ4n) is 2.88. The Labute approximate surface area is 138 Å². The topological polar surface area (TPSA) is 12.0 Å². The Morgan fingerprint density at radius 2 is 1.23 bits per heavy atom. The second kappa shape index (κ2) is 13.7. The van der Waals surface area contributed by atoms with Crippen LogP contribution in [0.4, 0.5) is 5.69 Å². The minimum Gasteiger partial charge on any atom is -0.378 e. The fraction of sp³-hybridized carbons (Fsp3) is 0.667. The number of rotatable bonds is 14. The molecule has 0 unspecified atom stereocenters. The first kappa shape index (κ1) is 19.1. The molecule has 1 aromatic carbocycles. The lowest BCUT2D eigenvalue weighted by molar-refractivity contribution is 0.546. The van der Waals surface area contributed by atoms with Crippen molar-refractivity contribution in [2.75, 3.05) is 5.32 Å². The summed E-state index contributed by atoms with van der Waals surface area (Å²) >= 11 is 0. The number of unbranched alkanes of at least 4 members (excludes halogenated alkanes) is 10. The van der Waals surface area contributed by atoms with Gasteiger partial charge in [0.2, 0.25) is 0 Å². The molecule has 22 heavy (non-hydrogen) atoms. The van der Waals surface area contributed by atoms with Crippen LogP contribution in [0.1, 0.15) is 90.9 Å². The molecule has 0 aliphatic carbocycles.